The molecule has 17 heavy (non-hydrogen) atoms. The van der Waals surface area contributed by atoms with Crippen molar-refractivity contribution in [2.45, 2.75) is 12.2 Å². The van der Waals surface area contributed by atoms with E-state index in [9.17, 15) is 8.42 Å². The van der Waals surface area contributed by atoms with E-state index in [4.69, 9.17) is 5.26 Å². The lowest BCUT2D eigenvalue weighted by Gasteiger charge is -2.18. The monoisotopic (exact) mass is 253 g/mol. The highest BCUT2D eigenvalue weighted by atomic mass is 32.2. The van der Waals surface area contributed by atoms with Gasteiger partial charge in [-0.2, -0.15) is 5.26 Å². The predicted molar refractivity (Wildman–Crippen MR) is 68.4 cm³/mol. The van der Waals surface area contributed by atoms with Gasteiger partial charge >= 0.3 is 0 Å². The molecule has 6 heteroatoms. The Morgan fingerprint density at radius 1 is 1.35 bits per heavy atom. The minimum atomic E-state index is -3.66. The lowest BCUT2D eigenvalue weighted by Crippen LogP contribution is -2.25. The van der Waals surface area contributed by atoms with Crippen LogP contribution in [0.1, 0.15) is 6.92 Å². The van der Waals surface area contributed by atoms with Crippen LogP contribution < -0.4 is 9.62 Å². The van der Waals surface area contributed by atoms with Crippen molar-refractivity contribution in [2.24, 2.45) is 0 Å². The molecule has 0 aromatic heterocycles. The van der Waals surface area contributed by atoms with E-state index in [1.165, 1.54) is 6.92 Å². The first-order chi connectivity index (χ1) is 7.88. The third-order valence-electron chi connectivity index (χ3n) is 2.29. The quantitative estimate of drug-likeness (QED) is 0.880. The molecule has 0 aliphatic rings. The summed E-state index contributed by atoms with van der Waals surface area (Å²) in [6.07, 6.45) is 0. The molecule has 0 aliphatic heterocycles. The minimum absolute atomic E-state index is 0.472. The number of nitriles is 1. The molecule has 1 rings (SSSR count). The highest BCUT2D eigenvalue weighted by molar-refractivity contribution is 7.93. The Labute approximate surface area is 102 Å². The molecule has 0 amide bonds. The molecule has 0 bridgehead atoms. The summed E-state index contributed by atoms with van der Waals surface area (Å²) in [5.41, 5.74) is 1.22. The molecule has 92 valence electrons. The maximum absolute atomic E-state index is 11.8. The molecule has 1 aromatic rings. The average Bonchev–Trinajstić information content (AvgIpc) is 2.27. The number of nitrogens with zero attached hydrogens (tertiary/aromatic N) is 2. The lowest BCUT2D eigenvalue weighted by molar-refractivity contribution is 0.597. The second kappa shape index (κ2) is 5.06. The average molecular weight is 253 g/mol. The molecule has 0 heterocycles. The van der Waals surface area contributed by atoms with Crippen LogP contribution in [-0.2, 0) is 10.0 Å². The number of rotatable bonds is 4. The molecular formula is C11H15N3O2S. The summed E-state index contributed by atoms with van der Waals surface area (Å²) < 4.78 is 25.9. The van der Waals surface area contributed by atoms with Gasteiger partial charge in [-0.25, -0.2) is 8.42 Å². The van der Waals surface area contributed by atoms with Crippen LogP contribution in [0, 0.1) is 11.3 Å². The van der Waals surface area contributed by atoms with E-state index in [0.29, 0.717) is 5.69 Å². The molecule has 1 aromatic carbocycles. The third-order valence-corrected chi connectivity index (χ3v) is 3.83. The van der Waals surface area contributed by atoms with Crippen LogP contribution in [0.25, 0.3) is 0 Å². The summed E-state index contributed by atoms with van der Waals surface area (Å²) in [7, 11) is -0.0166. The van der Waals surface area contributed by atoms with E-state index >= 15 is 0 Å². The minimum Gasteiger partial charge on any atom is -0.376 e. The van der Waals surface area contributed by atoms with Crippen LogP contribution in [0.5, 0.6) is 0 Å². The van der Waals surface area contributed by atoms with Crippen LogP contribution >= 0.6 is 0 Å². The maximum atomic E-state index is 11.8. The van der Waals surface area contributed by atoms with Gasteiger partial charge in [-0.15, -0.1) is 0 Å². The molecule has 0 saturated heterocycles. The van der Waals surface area contributed by atoms with Crippen molar-refractivity contribution in [3.05, 3.63) is 24.3 Å². The Bertz CT molecular complexity index is 532. The first kappa shape index (κ1) is 13.3. The molecule has 1 atom stereocenters. The van der Waals surface area contributed by atoms with Gasteiger partial charge in [0.15, 0.2) is 5.25 Å². The van der Waals surface area contributed by atoms with Crippen molar-refractivity contribution >= 4 is 21.4 Å². The van der Waals surface area contributed by atoms with E-state index in [1.807, 2.05) is 20.2 Å². The second-order valence-electron chi connectivity index (χ2n) is 3.83. The highest BCUT2D eigenvalue weighted by Gasteiger charge is 2.21. The number of hydrogen-bond acceptors (Lipinski definition) is 4. The third kappa shape index (κ3) is 3.11. The maximum Gasteiger partial charge on any atom is 0.248 e. The van der Waals surface area contributed by atoms with E-state index < -0.39 is 15.3 Å². The fourth-order valence-electron chi connectivity index (χ4n) is 1.26. The van der Waals surface area contributed by atoms with E-state index in [0.717, 1.165) is 5.69 Å². The van der Waals surface area contributed by atoms with E-state index in [2.05, 4.69) is 4.72 Å². The fourth-order valence-corrected chi connectivity index (χ4v) is 2.06. The molecule has 0 saturated carbocycles. The zero-order valence-electron chi connectivity index (χ0n) is 10.0. The van der Waals surface area contributed by atoms with Gasteiger partial charge in [-0.05, 0) is 19.1 Å². The number of hydrogen-bond donors (Lipinski definition) is 1. The fraction of sp³-hybridized carbons (Fsp3) is 0.364. The second-order valence-corrected chi connectivity index (χ2v) is 5.83. The summed E-state index contributed by atoms with van der Waals surface area (Å²) in [6.45, 7) is 1.35. The van der Waals surface area contributed by atoms with Crippen LogP contribution in [0.4, 0.5) is 11.4 Å². The van der Waals surface area contributed by atoms with Crippen LogP contribution in [0.2, 0.25) is 0 Å². The molecule has 0 fully saturated rings. The summed E-state index contributed by atoms with van der Waals surface area (Å²) in [4.78, 5) is 1.80. The van der Waals surface area contributed by atoms with Crippen molar-refractivity contribution in [1.82, 2.24) is 0 Å². The zero-order chi connectivity index (χ0) is 13.1. The summed E-state index contributed by atoms with van der Waals surface area (Å²) in [6, 6.07) is 8.73. The van der Waals surface area contributed by atoms with Crippen molar-refractivity contribution in [3.8, 4) is 6.07 Å². The number of nitrogens with one attached hydrogen (secondary N) is 1. The Morgan fingerprint density at radius 2 is 1.94 bits per heavy atom. The van der Waals surface area contributed by atoms with Gasteiger partial charge in [-0.1, -0.05) is 12.1 Å². The molecule has 0 spiro atoms. The number of anilines is 2. The first-order valence-electron chi connectivity index (χ1n) is 5.06. The Kier molecular flexibility index (Phi) is 3.97. The van der Waals surface area contributed by atoms with Gasteiger partial charge in [0.2, 0.25) is 10.0 Å². The molecule has 5 nitrogen and oxygen atoms in total. The predicted octanol–water partition coefficient (Wildman–Crippen LogP) is 1.41. The van der Waals surface area contributed by atoms with Crippen molar-refractivity contribution in [2.75, 3.05) is 23.7 Å². The SMILES string of the molecule is CC(C#N)S(=O)(=O)Nc1ccccc1N(C)C. The van der Waals surface area contributed by atoms with Gasteiger partial charge in [0.05, 0.1) is 17.4 Å². The molecular weight excluding hydrogens is 238 g/mol. The highest BCUT2D eigenvalue weighted by Crippen LogP contribution is 2.25. The molecule has 0 aliphatic carbocycles. The van der Waals surface area contributed by atoms with Gasteiger partial charge in [0, 0.05) is 14.1 Å². The van der Waals surface area contributed by atoms with E-state index in [-0.39, 0.29) is 0 Å². The Morgan fingerprint density at radius 3 is 2.47 bits per heavy atom. The topological polar surface area (TPSA) is 73.2 Å². The van der Waals surface area contributed by atoms with Crippen molar-refractivity contribution < 1.29 is 8.42 Å². The van der Waals surface area contributed by atoms with Crippen molar-refractivity contribution in [1.29, 1.82) is 5.26 Å². The Hall–Kier alpha value is -1.74. The standard InChI is InChI=1S/C11H15N3O2S/c1-9(8-12)17(15,16)13-10-6-4-5-7-11(10)14(2)3/h4-7,9,13H,1-3H3. The lowest BCUT2D eigenvalue weighted by atomic mass is 10.2. The zero-order valence-corrected chi connectivity index (χ0v) is 10.8. The van der Waals surface area contributed by atoms with Crippen LogP contribution in [-0.4, -0.2) is 27.8 Å². The number of para-hydroxylation sites is 2. The van der Waals surface area contributed by atoms with Gasteiger partial charge in [0.25, 0.3) is 0 Å². The van der Waals surface area contributed by atoms with Gasteiger partial charge in [0.1, 0.15) is 0 Å². The number of benzene rings is 1. The normalized spacial score (nSPS) is 12.6. The molecule has 1 unspecified atom stereocenters. The van der Waals surface area contributed by atoms with Crippen molar-refractivity contribution in [3.63, 3.8) is 0 Å². The summed E-state index contributed by atoms with van der Waals surface area (Å²) >= 11 is 0. The van der Waals surface area contributed by atoms with Crippen LogP contribution in [0.3, 0.4) is 0 Å². The van der Waals surface area contributed by atoms with E-state index in [1.54, 1.807) is 29.2 Å². The van der Waals surface area contributed by atoms with Gasteiger partial charge < -0.3 is 4.90 Å². The number of sulfonamides is 1. The molecule has 0 radical (unpaired) electrons. The smallest absolute Gasteiger partial charge is 0.248 e. The van der Waals surface area contributed by atoms with Crippen LogP contribution in [0.15, 0.2) is 24.3 Å². The molecule has 1 N–H and O–H groups in total. The summed E-state index contributed by atoms with van der Waals surface area (Å²) in [5.74, 6) is 0. The van der Waals surface area contributed by atoms with Gasteiger partial charge in [-0.3, -0.25) is 4.72 Å². The summed E-state index contributed by atoms with van der Waals surface area (Å²) in [5, 5.41) is 7.56. The largest absolute Gasteiger partial charge is 0.376 e. The Balaban J connectivity index is 3.09. The first-order valence-corrected chi connectivity index (χ1v) is 6.60.